The Morgan fingerprint density at radius 3 is 2.09 bits per heavy atom. The molecule has 110 valence electrons. The molecular weight excluding hydrogens is 284 g/mol. The quantitative estimate of drug-likeness (QED) is 0.450. The van der Waals surface area contributed by atoms with Crippen molar-refractivity contribution in [2.75, 3.05) is 13.2 Å². The van der Waals surface area contributed by atoms with Gasteiger partial charge < -0.3 is 9.47 Å². The van der Waals surface area contributed by atoms with Gasteiger partial charge in [-0.15, -0.1) is 0 Å². The minimum atomic E-state index is -0.629. The first-order valence-corrected chi connectivity index (χ1v) is 6.18. The number of esters is 2. The van der Waals surface area contributed by atoms with E-state index in [2.05, 4.69) is 11.3 Å². The molecule has 1 aromatic rings. The highest BCUT2D eigenvalue weighted by Crippen LogP contribution is 2.10. The number of hydrogen-bond acceptors (Lipinski definition) is 6. The summed E-state index contributed by atoms with van der Waals surface area (Å²) in [6, 6.07) is 8.38. The number of nitrogens with zero attached hydrogens (tertiary/aromatic N) is 2. The molecular formula is C16H12N2O4. The van der Waals surface area contributed by atoms with Crippen LogP contribution in [0.15, 0.2) is 36.9 Å². The zero-order chi connectivity index (χ0) is 16.4. The Morgan fingerprint density at radius 1 is 1.05 bits per heavy atom. The predicted molar refractivity (Wildman–Crippen MR) is 77.0 cm³/mol. The first kappa shape index (κ1) is 16.7. The summed E-state index contributed by atoms with van der Waals surface area (Å²) >= 11 is 0. The van der Waals surface area contributed by atoms with Crippen molar-refractivity contribution in [3.63, 3.8) is 0 Å². The molecule has 0 atom stereocenters. The summed E-state index contributed by atoms with van der Waals surface area (Å²) in [7, 11) is 0. The highest BCUT2D eigenvalue weighted by Gasteiger charge is 2.01. The average molecular weight is 296 g/mol. The third-order valence-electron chi connectivity index (χ3n) is 2.36. The molecule has 1 aromatic carbocycles. The average Bonchev–Trinajstić information content (AvgIpc) is 2.56. The van der Waals surface area contributed by atoms with Crippen molar-refractivity contribution in [2.45, 2.75) is 0 Å². The van der Waals surface area contributed by atoms with Crippen LogP contribution < -0.4 is 0 Å². The molecule has 0 radical (unpaired) electrons. The third kappa shape index (κ3) is 5.72. The second kappa shape index (κ2) is 8.72. The van der Waals surface area contributed by atoms with Crippen LogP contribution in [0, 0.1) is 22.7 Å². The van der Waals surface area contributed by atoms with Crippen molar-refractivity contribution < 1.29 is 19.1 Å². The summed E-state index contributed by atoms with van der Waals surface area (Å²) in [5.74, 6) is -1.22. The Bertz CT molecular complexity index is 661. The zero-order valence-corrected chi connectivity index (χ0v) is 11.6. The maximum absolute atomic E-state index is 11.4. The fourth-order valence-electron chi connectivity index (χ4n) is 1.43. The van der Waals surface area contributed by atoms with Gasteiger partial charge in [-0.25, -0.2) is 9.59 Å². The molecule has 0 unspecified atom stereocenters. The van der Waals surface area contributed by atoms with Crippen LogP contribution in [0.5, 0.6) is 0 Å². The molecule has 0 saturated carbocycles. The summed E-state index contributed by atoms with van der Waals surface area (Å²) in [6.45, 7) is 3.08. The SMILES string of the molecule is C=CC(=O)OCCOC(=O)/C=C/c1cc(C#N)cc(C#N)c1. The fourth-order valence-corrected chi connectivity index (χ4v) is 1.43. The number of hydrogen-bond donors (Lipinski definition) is 0. The van der Waals surface area contributed by atoms with E-state index >= 15 is 0 Å². The standard InChI is InChI=1S/C16H12N2O4/c1-2-15(19)21-5-6-22-16(20)4-3-12-7-13(10-17)9-14(8-12)11-18/h2-4,7-9H,1,5-6H2/b4-3+. The van der Waals surface area contributed by atoms with Gasteiger partial charge in [-0.1, -0.05) is 6.58 Å². The van der Waals surface area contributed by atoms with E-state index in [-0.39, 0.29) is 13.2 Å². The van der Waals surface area contributed by atoms with Gasteiger partial charge >= 0.3 is 11.9 Å². The lowest BCUT2D eigenvalue weighted by atomic mass is 10.1. The van der Waals surface area contributed by atoms with Crippen LogP contribution in [0.2, 0.25) is 0 Å². The molecule has 0 saturated heterocycles. The van der Waals surface area contributed by atoms with Crippen molar-refractivity contribution in [1.29, 1.82) is 10.5 Å². The topological polar surface area (TPSA) is 100 Å². The number of nitriles is 2. The van der Waals surface area contributed by atoms with E-state index in [1.54, 1.807) is 0 Å². The molecule has 0 aromatic heterocycles. The minimum absolute atomic E-state index is 0.0626. The largest absolute Gasteiger partial charge is 0.459 e. The van der Waals surface area contributed by atoms with Crippen LogP contribution in [0.1, 0.15) is 16.7 Å². The summed E-state index contributed by atoms with van der Waals surface area (Å²) in [5.41, 5.74) is 1.18. The van der Waals surface area contributed by atoms with Gasteiger partial charge in [-0.2, -0.15) is 10.5 Å². The van der Waals surface area contributed by atoms with Crippen LogP contribution in [-0.4, -0.2) is 25.2 Å². The van der Waals surface area contributed by atoms with Crippen LogP contribution in [0.4, 0.5) is 0 Å². The zero-order valence-electron chi connectivity index (χ0n) is 11.6. The van der Waals surface area contributed by atoms with Gasteiger partial charge in [0.15, 0.2) is 0 Å². The first-order valence-electron chi connectivity index (χ1n) is 6.18. The molecule has 0 aliphatic carbocycles. The summed E-state index contributed by atoms with van der Waals surface area (Å²) in [4.78, 5) is 22.2. The number of benzene rings is 1. The number of carbonyl (C=O) groups is 2. The number of carbonyl (C=O) groups excluding carboxylic acids is 2. The second-order valence-corrected chi connectivity index (χ2v) is 3.94. The molecule has 0 spiro atoms. The third-order valence-corrected chi connectivity index (χ3v) is 2.36. The maximum Gasteiger partial charge on any atom is 0.330 e. The molecule has 0 bridgehead atoms. The molecule has 0 heterocycles. The van der Waals surface area contributed by atoms with Crippen molar-refractivity contribution in [1.82, 2.24) is 0 Å². The lowest BCUT2D eigenvalue weighted by Crippen LogP contribution is -2.11. The molecule has 0 N–H and O–H groups in total. The Labute approximate surface area is 127 Å². The Kier molecular flexibility index (Phi) is 6.61. The lowest BCUT2D eigenvalue weighted by Gasteiger charge is -2.02. The Hall–Kier alpha value is -3.38. The normalized spacial score (nSPS) is 9.55. The van der Waals surface area contributed by atoms with Crippen LogP contribution >= 0.6 is 0 Å². The highest BCUT2D eigenvalue weighted by atomic mass is 16.6. The monoisotopic (exact) mass is 296 g/mol. The second-order valence-electron chi connectivity index (χ2n) is 3.94. The lowest BCUT2D eigenvalue weighted by molar-refractivity contribution is -0.145. The Balaban J connectivity index is 2.56. The maximum atomic E-state index is 11.4. The summed E-state index contributed by atoms with van der Waals surface area (Å²) < 4.78 is 9.44. The van der Waals surface area contributed by atoms with Crippen molar-refractivity contribution in [2.24, 2.45) is 0 Å². The van der Waals surface area contributed by atoms with E-state index in [0.29, 0.717) is 16.7 Å². The number of ether oxygens (including phenoxy) is 2. The van der Waals surface area contributed by atoms with Crippen LogP contribution in [0.3, 0.4) is 0 Å². The Morgan fingerprint density at radius 2 is 1.59 bits per heavy atom. The smallest absolute Gasteiger partial charge is 0.330 e. The van der Waals surface area contributed by atoms with Crippen LogP contribution in [0.25, 0.3) is 6.08 Å². The van der Waals surface area contributed by atoms with Crippen LogP contribution in [-0.2, 0) is 19.1 Å². The molecule has 0 fully saturated rings. The van der Waals surface area contributed by atoms with E-state index in [9.17, 15) is 9.59 Å². The molecule has 0 aliphatic rings. The summed E-state index contributed by atoms with van der Waals surface area (Å²) in [5, 5.41) is 17.7. The van der Waals surface area contributed by atoms with Gasteiger partial charge in [0.25, 0.3) is 0 Å². The summed E-state index contributed by atoms with van der Waals surface area (Å²) in [6.07, 6.45) is 3.60. The molecule has 0 aliphatic heterocycles. The molecule has 1 rings (SSSR count). The van der Waals surface area contributed by atoms with E-state index in [1.165, 1.54) is 24.3 Å². The van der Waals surface area contributed by atoms with Gasteiger partial charge in [0, 0.05) is 12.2 Å². The number of rotatable bonds is 6. The molecule has 22 heavy (non-hydrogen) atoms. The molecule has 6 nitrogen and oxygen atoms in total. The fraction of sp³-hybridized carbons (Fsp3) is 0.125. The predicted octanol–water partition coefficient (Wildman–Crippen LogP) is 1.72. The minimum Gasteiger partial charge on any atom is -0.459 e. The molecule has 0 amide bonds. The van der Waals surface area contributed by atoms with Gasteiger partial charge in [-0.3, -0.25) is 0 Å². The highest BCUT2D eigenvalue weighted by molar-refractivity contribution is 5.87. The molecule has 6 heteroatoms. The van der Waals surface area contributed by atoms with Crippen molar-refractivity contribution >= 4 is 18.0 Å². The van der Waals surface area contributed by atoms with E-state index in [0.717, 1.165) is 12.2 Å². The first-order chi connectivity index (χ1) is 10.6. The van der Waals surface area contributed by atoms with Crippen molar-refractivity contribution in [3.8, 4) is 12.1 Å². The van der Waals surface area contributed by atoms with E-state index < -0.39 is 11.9 Å². The van der Waals surface area contributed by atoms with Gasteiger partial charge in [0.05, 0.1) is 23.3 Å². The van der Waals surface area contributed by atoms with E-state index in [1.807, 2.05) is 12.1 Å². The van der Waals surface area contributed by atoms with Gasteiger partial charge in [0.2, 0.25) is 0 Å². The van der Waals surface area contributed by atoms with Gasteiger partial charge in [0.1, 0.15) is 13.2 Å². The van der Waals surface area contributed by atoms with Crippen molar-refractivity contribution in [3.05, 3.63) is 53.6 Å². The van der Waals surface area contributed by atoms with Gasteiger partial charge in [-0.05, 0) is 29.8 Å². The van der Waals surface area contributed by atoms with E-state index in [4.69, 9.17) is 15.3 Å².